The zero-order valence-electron chi connectivity index (χ0n) is 11.6. The van der Waals surface area contributed by atoms with Crippen molar-refractivity contribution in [2.45, 2.75) is 19.8 Å². The van der Waals surface area contributed by atoms with Crippen LogP contribution in [0.3, 0.4) is 0 Å². The predicted molar refractivity (Wildman–Crippen MR) is 74.7 cm³/mol. The molecule has 112 valence electrons. The Labute approximate surface area is 121 Å². The average molecular weight is 291 g/mol. The van der Waals surface area contributed by atoms with E-state index in [4.69, 9.17) is 5.11 Å². The largest absolute Gasteiger partial charge is 0.477 e. The molecule has 2 amide bonds. The first-order valence-electron chi connectivity index (χ1n) is 6.74. The van der Waals surface area contributed by atoms with Gasteiger partial charge in [-0.05, 0) is 24.5 Å². The van der Waals surface area contributed by atoms with Crippen molar-refractivity contribution in [2.24, 2.45) is 11.8 Å². The lowest BCUT2D eigenvalue weighted by Crippen LogP contribution is -2.29. The molecule has 2 atom stereocenters. The lowest BCUT2D eigenvalue weighted by atomic mass is 10.3. The number of pyridine rings is 1. The summed E-state index contributed by atoms with van der Waals surface area (Å²) in [6, 6.07) is 2.79. The van der Waals surface area contributed by atoms with Crippen molar-refractivity contribution in [3.63, 3.8) is 0 Å². The number of carboxylic acid groups (broad SMARTS) is 1. The number of carboxylic acids is 1. The van der Waals surface area contributed by atoms with E-state index >= 15 is 0 Å². The lowest BCUT2D eigenvalue weighted by Gasteiger charge is -2.07. The number of anilines is 1. The fraction of sp³-hybridized carbons (Fsp3) is 0.429. The van der Waals surface area contributed by atoms with E-state index in [1.165, 1.54) is 18.3 Å². The minimum absolute atomic E-state index is 0.00706. The van der Waals surface area contributed by atoms with Crippen LogP contribution in [0.4, 0.5) is 5.69 Å². The van der Waals surface area contributed by atoms with Crippen LogP contribution in [-0.2, 0) is 9.59 Å². The fourth-order valence-corrected chi connectivity index (χ4v) is 1.97. The Kier molecular flexibility index (Phi) is 4.52. The molecule has 0 aromatic carbocycles. The van der Waals surface area contributed by atoms with Crippen LogP contribution < -0.4 is 10.6 Å². The molecule has 1 fully saturated rings. The van der Waals surface area contributed by atoms with Gasteiger partial charge < -0.3 is 15.7 Å². The average Bonchev–Trinajstić information content (AvgIpc) is 3.16. The summed E-state index contributed by atoms with van der Waals surface area (Å²) < 4.78 is 0. The fourth-order valence-electron chi connectivity index (χ4n) is 1.97. The van der Waals surface area contributed by atoms with Crippen molar-refractivity contribution in [1.82, 2.24) is 10.3 Å². The standard InChI is InChI=1S/C14H17N3O4/c1-8-6-10(8)13(19)16-5-3-12(18)17-9-2-4-15-11(7-9)14(20)21/h2,4,7-8,10H,3,5-6H2,1H3,(H,16,19)(H,20,21)(H,15,17,18). The molecular weight excluding hydrogens is 274 g/mol. The second-order valence-electron chi connectivity index (χ2n) is 5.14. The zero-order valence-corrected chi connectivity index (χ0v) is 11.6. The first-order chi connectivity index (χ1) is 9.97. The van der Waals surface area contributed by atoms with Gasteiger partial charge in [0.1, 0.15) is 5.69 Å². The van der Waals surface area contributed by atoms with Crippen molar-refractivity contribution >= 4 is 23.5 Å². The Balaban J connectivity index is 1.75. The number of nitrogens with zero attached hydrogens (tertiary/aromatic N) is 1. The topological polar surface area (TPSA) is 108 Å². The maximum Gasteiger partial charge on any atom is 0.354 e. The van der Waals surface area contributed by atoms with Gasteiger partial charge in [0.15, 0.2) is 0 Å². The van der Waals surface area contributed by atoms with E-state index in [2.05, 4.69) is 15.6 Å². The molecule has 2 unspecified atom stereocenters. The van der Waals surface area contributed by atoms with E-state index in [1.807, 2.05) is 6.92 Å². The summed E-state index contributed by atoms with van der Waals surface area (Å²) in [4.78, 5) is 37.7. The van der Waals surface area contributed by atoms with Crippen LogP contribution in [0.2, 0.25) is 0 Å². The van der Waals surface area contributed by atoms with Gasteiger partial charge in [-0.25, -0.2) is 9.78 Å². The van der Waals surface area contributed by atoms with E-state index in [-0.39, 0.29) is 36.4 Å². The number of nitrogens with one attached hydrogen (secondary N) is 2. The normalized spacial score (nSPS) is 19.7. The molecule has 1 heterocycles. The predicted octanol–water partition coefficient (Wildman–Crippen LogP) is 0.881. The van der Waals surface area contributed by atoms with Crippen molar-refractivity contribution < 1.29 is 19.5 Å². The summed E-state index contributed by atoms with van der Waals surface area (Å²) in [7, 11) is 0. The van der Waals surface area contributed by atoms with Crippen molar-refractivity contribution in [2.75, 3.05) is 11.9 Å². The van der Waals surface area contributed by atoms with E-state index in [9.17, 15) is 14.4 Å². The summed E-state index contributed by atoms with van der Waals surface area (Å²) in [5, 5.41) is 14.1. The third kappa shape index (κ3) is 4.27. The minimum atomic E-state index is -1.16. The molecule has 1 aromatic rings. The minimum Gasteiger partial charge on any atom is -0.477 e. The highest BCUT2D eigenvalue weighted by Gasteiger charge is 2.38. The summed E-state index contributed by atoms with van der Waals surface area (Å²) in [5.41, 5.74) is 0.235. The van der Waals surface area contributed by atoms with Gasteiger partial charge in [0.25, 0.3) is 0 Å². The van der Waals surface area contributed by atoms with Gasteiger partial charge in [0.05, 0.1) is 0 Å². The number of hydrogen-bond donors (Lipinski definition) is 3. The van der Waals surface area contributed by atoms with Crippen LogP contribution in [0.25, 0.3) is 0 Å². The molecule has 0 aliphatic heterocycles. The van der Waals surface area contributed by atoms with E-state index in [1.54, 1.807) is 0 Å². The Hall–Kier alpha value is -2.44. The number of carbonyl (C=O) groups is 3. The zero-order chi connectivity index (χ0) is 15.4. The first kappa shape index (κ1) is 15.0. The second-order valence-corrected chi connectivity index (χ2v) is 5.14. The quantitative estimate of drug-likeness (QED) is 0.721. The third-order valence-electron chi connectivity index (χ3n) is 3.36. The molecule has 7 nitrogen and oxygen atoms in total. The van der Waals surface area contributed by atoms with Crippen LogP contribution >= 0.6 is 0 Å². The van der Waals surface area contributed by atoms with Crippen LogP contribution in [0, 0.1) is 11.8 Å². The Morgan fingerprint density at radius 3 is 2.76 bits per heavy atom. The molecule has 0 radical (unpaired) electrons. The van der Waals surface area contributed by atoms with Gasteiger partial charge in [-0.15, -0.1) is 0 Å². The van der Waals surface area contributed by atoms with Crippen molar-refractivity contribution in [1.29, 1.82) is 0 Å². The molecule has 2 rings (SSSR count). The maximum atomic E-state index is 11.7. The number of aromatic carboxylic acids is 1. The van der Waals surface area contributed by atoms with E-state index in [0.29, 0.717) is 11.6 Å². The molecule has 7 heteroatoms. The summed E-state index contributed by atoms with van der Waals surface area (Å²) in [6.07, 6.45) is 2.36. The van der Waals surface area contributed by atoms with E-state index in [0.717, 1.165) is 6.42 Å². The Bertz CT molecular complexity index is 573. The smallest absolute Gasteiger partial charge is 0.354 e. The Morgan fingerprint density at radius 2 is 2.14 bits per heavy atom. The van der Waals surface area contributed by atoms with Gasteiger partial charge in [0, 0.05) is 30.8 Å². The van der Waals surface area contributed by atoms with Crippen LogP contribution in [-0.4, -0.2) is 34.4 Å². The summed E-state index contributed by atoms with van der Waals surface area (Å²) in [6.45, 7) is 2.28. The molecule has 0 spiro atoms. The van der Waals surface area contributed by atoms with Crippen LogP contribution in [0.15, 0.2) is 18.3 Å². The number of amides is 2. The highest BCUT2D eigenvalue weighted by molar-refractivity contribution is 5.93. The highest BCUT2D eigenvalue weighted by Crippen LogP contribution is 2.37. The molecule has 1 aromatic heterocycles. The monoisotopic (exact) mass is 291 g/mol. The molecule has 21 heavy (non-hydrogen) atoms. The van der Waals surface area contributed by atoms with Gasteiger partial charge in [-0.2, -0.15) is 0 Å². The summed E-state index contributed by atoms with van der Waals surface area (Å²) in [5.74, 6) is -0.928. The summed E-state index contributed by atoms with van der Waals surface area (Å²) >= 11 is 0. The molecular formula is C14H17N3O4. The van der Waals surface area contributed by atoms with E-state index < -0.39 is 5.97 Å². The first-order valence-corrected chi connectivity index (χ1v) is 6.74. The molecule has 0 bridgehead atoms. The van der Waals surface area contributed by atoms with Gasteiger partial charge >= 0.3 is 5.97 Å². The maximum absolute atomic E-state index is 11.7. The van der Waals surface area contributed by atoms with Crippen LogP contribution in [0.1, 0.15) is 30.3 Å². The molecule has 1 aliphatic rings. The molecule has 1 aliphatic carbocycles. The molecule has 3 N–H and O–H groups in total. The number of hydrogen-bond acceptors (Lipinski definition) is 4. The third-order valence-corrected chi connectivity index (χ3v) is 3.36. The van der Waals surface area contributed by atoms with Crippen molar-refractivity contribution in [3.05, 3.63) is 24.0 Å². The second kappa shape index (κ2) is 6.34. The van der Waals surface area contributed by atoms with Gasteiger partial charge in [0.2, 0.25) is 11.8 Å². The lowest BCUT2D eigenvalue weighted by molar-refractivity contribution is -0.122. The number of rotatable bonds is 6. The van der Waals surface area contributed by atoms with Gasteiger partial charge in [-0.3, -0.25) is 9.59 Å². The highest BCUT2D eigenvalue weighted by atomic mass is 16.4. The van der Waals surface area contributed by atoms with Crippen molar-refractivity contribution in [3.8, 4) is 0 Å². The van der Waals surface area contributed by atoms with Crippen LogP contribution in [0.5, 0.6) is 0 Å². The SMILES string of the molecule is CC1CC1C(=O)NCCC(=O)Nc1ccnc(C(=O)O)c1. The molecule has 0 saturated heterocycles. The molecule has 1 saturated carbocycles. The number of aromatic nitrogens is 1. The number of carbonyl (C=O) groups excluding carboxylic acids is 2. The Morgan fingerprint density at radius 1 is 1.43 bits per heavy atom. The van der Waals surface area contributed by atoms with Gasteiger partial charge in [-0.1, -0.05) is 6.92 Å².